The lowest BCUT2D eigenvalue weighted by molar-refractivity contribution is -0.117. The summed E-state index contributed by atoms with van der Waals surface area (Å²) in [5.41, 5.74) is 0. The zero-order chi connectivity index (χ0) is 9.84. The second-order valence-corrected chi connectivity index (χ2v) is 4.44. The number of carbonyl (C=O) groups excluding carboxylic acids is 1. The molecule has 1 unspecified atom stereocenters. The molecular formula is C11H21NO. The number of likely N-dealkylation sites (tertiary alicyclic amines) is 1. The molecule has 1 aliphatic rings. The second kappa shape index (κ2) is 4.75. The molecule has 0 bridgehead atoms. The van der Waals surface area contributed by atoms with Crippen LogP contribution < -0.4 is 0 Å². The Morgan fingerprint density at radius 3 is 2.77 bits per heavy atom. The Kier molecular flexibility index (Phi) is 3.91. The van der Waals surface area contributed by atoms with E-state index in [1.807, 2.05) is 0 Å². The van der Waals surface area contributed by atoms with Gasteiger partial charge in [-0.2, -0.15) is 0 Å². The van der Waals surface area contributed by atoms with E-state index in [0.717, 1.165) is 24.9 Å². The smallest absolute Gasteiger partial charge is 0.131 e. The molecule has 76 valence electrons. The normalized spacial score (nSPS) is 24.2. The van der Waals surface area contributed by atoms with Gasteiger partial charge in [-0.25, -0.2) is 0 Å². The van der Waals surface area contributed by atoms with E-state index in [0.29, 0.717) is 5.78 Å². The zero-order valence-corrected chi connectivity index (χ0v) is 9.05. The number of hydrogen-bond donors (Lipinski definition) is 0. The third kappa shape index (κ3) is 3.11. The highest BCUT2D eigenvalue weighted by Gasteiger charge is 2.26. The molecule has 0 aromatic rings. The summed E-state index contributed by atoms with van der Waals surface area (Å²) >= 11 is 0. The van der Waals surface area contributed by atoms with Crippen LogP contribution in [0.5, 0.6) is 0 Å². The van der Waals surface area contributed by atoms with Gasteiger partial charge in [-0.05, 0) is 32.2 Å². The van der Waals surface area contributed by atoms with Crippen molar-refractivity contribution in [3.05, 3.63) is 0 Å². The number of carbonyl (C=O) groups is 1. The van der Waals surface area contributed by atoms with Crippen molar-refractivity contribution in [1.82, 2.24) is 4.90 Å². The molecule has 0 amide bonds. The van der Waals surface area contributed by atoms with Crippen LogP contribution in [-0.4, -0.2) is 29.8 Å². The molecule has 2 nitrogen and oxygen atoms in total. The van der Waals surface area contributed by atoms with E-state index in [4.69, 9.17) is 0 Å². The first-order valence-corrected chi connectivity index (χ1v) is 5.34. The number of ketones is 1. The van der Waals surface area contributed by atoms with E-state index in [9.17, 15) is 4.79 Å². The summed E-state index contributed by atoms with van der Waals surface area (Å²) in [4.78, 5) is 13.3. The van der Waals surface area contributed by atoms with Crippen LogP contribution in [0.2, 0.25) is 0 Å². The summed E-state index contributed by atoms with van der Waals surface area (Å²) < 4.78 is 0. The van der Waals surface area contributed by atoms with Gasteiger partial charge in [0.2, 0.25) is 0 Å². The maximum absolute atomic E-state index is 10.9. The van der Waals surface area contributed by atoms with Crippen molar-refractivity contribution in [2.45, 2.75) is 46.1 Å². The summed E-state index contributed by atoms with van der Waals surface area (Å²) in [5, 5.41) is 0. The van der Waals surface area contributed by atoms with Crippen LogP contribution in [0.4, 0.5) is 0 Å². The van der Waals surface area contributed by atoms with E-state index in [2.05, 4.69) is 18.7 Å². The van der Waals surface area contributed by atoms with Crippen molar-refractivity contribution in [1.29, 1.82) is 0 Å². The van der Waals surface area contributed by atoms with Gasteiger partial charge >= 0.3 is 0 Å². The first kappa shape index (κ1) is 10.7. The maximum atomic E-state index is 10.9. The molecule has 1 rings (SSSR count). The third-order valence-electron chi connectivity index (χ3n) is 2.93. The van der Waals surface area contributed by atoms with Gasteiger partial charge in [-0.3, -0.25) is 9.69 Å². The Balaban J connectivity index is 2.35. The Hall–Kier alpha value is -0.370. The van der Waals surface area contributed by atoms with E-state index < -0.39 is 0 Å². The van der Waals surface area contributed by atoms with Crippen molar-refractivity contribution < 1.29 is 4.79 Å². The van der Waals surface area contributed by atoms with Crippen LogP contribution in [-0.2, 0) is 4.79 Å². The van der Waals surface area contributed by atoms with E-state index in [-0.39, 0.29) is 0 Å². The number of nitrogens with zero attached hydrogens (tertiary/aromatic N) is 1. The summed E-state index contributed by atoms with van der Waals surface area (Å²) in [6.45, 7) is 8.39. The van der Waals surface area contributed by atoms with Gasteiger partial charge in [0.15, 0.2) is 0 Å². The molecule has 2 heteroatoms. The van der Waals surface area contributed by atoms with E-state index >= 15 is 0 Å². The fraction of sp³-hybridized carbons (Fsp3) is 0.909. The fourth-order valence-electron chi connectivity index (χ4n) is 2.19. The van der Waals surface area contributed by atoms with E-state index in [1.165, 1.54) is 19.4 Å². The fourth-order valence-corrected chi connectivity index (χ4v) is 2.19. The van der Waals surface area contributed by atoms with Crippen LogP contribution in [0, 0.1) is 5.92 Å². The minimum Gasteiger partial charge on any atom is -0.300 e. The van der Waals surface area contributed by atoms with Crippen LogP contribution in [0.3, 0.4) is 0 Å². The van der Waals surface area contributed by atoms with Gasteiger partial charge in [-0.1, -0.05) is 13.8 Å². The first-order chi connectivity index (χ1) is 6.11. The molecule has 1 saturated heterocycles. The summed E-state index contributed by atoms with van der Waals surface area (Å²) in [6.07, 6.45) is 3.35. The predicted molar refractivity (Wildman–Crippen MR) is 54.7 cm³/mol. The maximum Gasteiger partial charge on any atom is 0.131 e. The Morgan fingerprint density at radius 1 is 1.54 bits per heavy atom. The highest BCUT2D eigenvalue weighted by Crippen LogP contribution is 2.23. The van der Waals surface area contributed by atoms with Crippen molar-refractivity contribution in [3.63, 3.8) is 0 Å². The molecule has 13 heavy (non-hydrogen) atoms. The Morgan fingerprint density at radius 2 is 2.23 bits per heavy atom. The quantitative estimate of drug-likeness (QED) is 0.665. The lowest BCUT2D eigenvalue weighted by atomic mass is 10.0. The molecule has 0 aromatic heterocycles. The molecule has 1 atom stereocenters. The minimum atomic E-state index is 0.314. The van der Waals surface area contributed by atoms with Crippen molar-refractivity contribution in [3.8, 4) is 0 Å². The van der Waals surface area contributed by atoms with Gasteiger partial charge in [0.1, 0.15) is 5.78 Å². The van der Waals surface area contributed by atoms with Crippen LogP contribution in [0.25, 0.3) is 0 Å². The standard InChI is InChI=1S/C11H21NO/c1-9(2)11-5-4-7-12(11)8-6-10(3)13/h9,11H,4-8H2,1-3H3. The van der Waals surface area contributed by atoms with Crippen molar-refractivity contribution in [2.24, 2.45) is 5.92 Å². The molecular weight excluding hydrogens is 162 g/mol. The molecule has 0 aromatic carbocycles. The summed E-state index contributed by atoms with van der Waals surface area (Å²) in [5.74, 6) is 1.05. The van der Waals surface area contributed by atoms with Crippen LogP contribution in [0.1, 0.15) is 40.0 Å². The summed E-state index contributed by atoms with van der Waals surface area (Å²) in [6, 6.07) is 0.722. The summed E-state index contributed by atoms with van der Waals surface area (Å²) in [7, 11) is 0. The topological polar surface area (TPSA) is 20.3 Å². The average molecular weight is 183 g/mol. The molecule has 0 aliphatic carbocycles. The van der Waals surface area contributed by atoms with Gasteiger partial charge in [0.25, 0.3) is 0 Å². The lowest BCUT2D eigenvalue weighted by Gasteiger charge is -2.26. The Bertz CT molecular complexity index is 177. The van der Waals surface area contributed by atoms with Gasteiger partial charge in [0.05, 0.1) is 0 Å². The molecule has 0 N–H and O–H groups in total. The van der Waals surface area contributed by atoms with Crippen LogP contribution >= 0.6 is 0 Å². The molecule has 1 aliphatic heterocycles. The van der Waals surface area contributed by atoms with Crippen molar-refractivity contribution in [2.75, 3.05) is 13.1 Å². The molecule has 0 saturated carbocycles. The second-order valence-electron chi connectivity index (χ2n) is 4.44. The molecule has 1 fully saturated rings. The SMILES string of the molecule is CC(=O)CCN1CCCC1C(C)C. The van der Waals surface area contributed by atoms with E-state index in [1.54, 1.807) is 6.92 Å². The lowest BCUT2D eigenvalue weighted by Crippen LogP contribution is -2.34. The predicted octanol–water partition coefficient (Wildman–Crippen LogP) is 2.09. The monoisotopic (exact) mass is 183 g/mol. The Labute approximate surface area is 81.3 Å². The van der Waals surface area contributed by atoms with Gasteiger partial charge in [-0.15, -0.1) is 0 Å². The molecule has 1 heterocycles. The van der Waals surface area contributed by atoms with Crippen LogP contribution in [0.15, 0.2) is 0 Å². The molecule has 0 radical (unpaired) electrons. The molecule has 0 spiro atoms. The highest BCUT2D eigenvalue weighted by molar-refractivity contribution is 5.75. The minimum absolute atomic E-state index is 0.314. The largest absolute Gasteiger partial charge is 0.300 e. The third-order valence-corrected chi connectivity index (χ3v) is 2.93. The highest BCUT2D eigenvalue weighted by atomic mass is 16.1. The van der Waals surface area contributed by atoms with Crippen molar-refractivity contribution >= 4 is 5.78 Å². The van der Waals surface area contributed by atoms with Gasteiger partial charge < -0.3 is 0 Å². The first-order valence-electron chi connectivity index (χ1n) is 5.34. The zero-order valence-electron chi connectivity index (χ0n) is 9.05. The number of hydrogen-bond acceptors (Lipinski definition) is 2. The number of rotatable bonds is 4. The average Bonchev–Trinajstić information content (AvgIpc) is 2.47. The number of Topliss-reactive ketones (excluding diaryl/α,β-unsaturated/α-hetero) is 1. The van der Waals surface area contributed by atoms with Gasteiger partial charge in [0, 0.05) is 19.0 Å².